The molecular weight excluding hydrogens is 304 g/mol. The maximum Gasteiger partial charge on any atom is 0.280 e. The number of pyridine rings is 1. The van der Waals surface area contributed by atoms with Crippen LogP contribution in [-0.4, -0.2) is 10.5 Å². The van der Waals surface area contributed by atoms with E-state index in [1.807, 2.05) is 67.1 Å². The van der Waals surface area contributed by atoms with E-state index in [-0.39, 0.29) is 5.91 Å². The zero-order chi connectivity index (χ0) is 16.2. The highest BCUT2D eigenvalue weighted by molar-refractivity contribution is 7.12. The van der Waals surface area contributed by atoms with Crippen LogP contribution in [0.25, 0.3) is 0 Å². The summed E-state index contributed by atoms with van der Waals surface area (Å²) >= 11 is 1.63. The van der Waals surface area contributed by atoms with Crippen molar-refractivity contribution in [3.63, 3.8) is 0 Å². The average Bonchev–Trinajstić information content (AvgIpc) is 2.89. The minimum atomic E-state index is -0.181. The molecule has 0 aliphatic carbocycles. The molecule has 1 aromatic carbocycles. The van der Waals surface area contributed by atoms with Crippen molar-refractivity contribution >= 4 is 17.2 Å². The van der Waals surface area contributed by atoms with Gasteiger partial charge in [-0.2, -0.15) is 4.99 Å². The second-order valence-electron chi connectivity index (χ2n) is 5.42. The van der Waals surface area contributed by atoms with E-state index in [1.165, 1.54) is 5.56 Å². The van der Waals surface area contributed by atoms with Gasteiger partial charge in [0.25, 0.3) is 5.91 Å². The third-order valence-electron chi connectivity index (χ3n) is 3.60. The molecule has 0 fully saturated rings. The molecule has 0 aliphatic heterocycles. The Morgan fingerprint density at radius 1 is 1.09 bits per heavy atom. The van der Waals surface area contributed by atoms with Gasteiger partial charge in [-0.3, -0.25) is 4.79 Å². The lowest BCUT2D eigenvalue weighted by Crippen LogP contribution is -2.22. The molecule has 0 N–H and O–H groups in total. The van der Waals surface area contributed by atoms with Crippen molar-refractivity contribution in [2.75, 3.05) is 0 Å². The Bertz CT molecular complexity index is 891. The molecule has 116 valence electrons. The first-order valence-electron chi connectivity index (χ1n) is 7.49. The number of carbonyl (C=O) groups excluding carboxylic acids is 1. The van der Waals surface area contributed by atoms with Crippen molar-refractivity contribution in [3.8, 4) is 0 Å². The van der Waals surface area contributed by atoms with Gasteiger partial charge in [-0.1, -0.05) is 36.4 Å². The summed E-state index contributed by atoms with van der Waals surface area (Å²) in [6.07, 6.45) is 1.95. The molecule has 0 saturated heterocycles. The lowest BCUT2D eigenvalue weighted by molar-refractivity contribution is 0.0997. The highest BCUT2D eigenvalue weighted by Crippen LogP contribution is 2.21. The molecule has 0 bridgehead atoms. The van der Waals surface area contributed by atoms with Crippen LogP contribution in [-0.2, 0) is 6.54 Å². The van der Waals surface area contributed by atoms with Gasteiger partial charge >= 0.3 is 0 Å². The number of carbonyl (C=O) groups is 1. The van der Waals surface area contributed by atoms with Crippen molar-refractivity contribution in [1.29, 1.82) is 0 Å². The summed E-state index contributed by atoms with van der Waals surface area (Å²) in [6, 6.07) is 17.8. The molecule has 2 heterocycles. The Kier molecular flexibility index (Phi) is 4.53. The summed E-state index contributed by atoms with van der Waals surface area (Å²) in [5.41, 5.74) is 2.54. The van der Waals surface area contributed by atoms with Gasteiger partial charge in [0.15, 0.2) is 0 Å². The number of thiophene rings is 1. The van der Waals surface area contributed by atoms with Gasteiger partial charge in [0.1, 0.15) is 5.49 Å². The van der Waals surface area contributed by atoms with Crippen LogP contribution in [0.3, 0.4) is 0 Å². The molecule has 3 aromatic rings. The number of hydrogen-bond acceptors (Lipinski definition) is 2. The second kappa shape index (κ2) is 6.75. The van der Waals surface area contributed by atoms with Gasteiger partial charge in [-0.15, -0.1) is 11.3 Å². The monoisotopic (exact) mass is 322 g/mol. The van der Waals surface area contributed by atoms with Crippen molar-refractivity contribution in [1.82, 2.24) is 4.57 Å². The van der Waals surface area contributed by atoms with Crippen LogP contribution in [0.1, 0.15) is 25.7 Å². The third kappa shape index (κ3) is 3.66. The van der Waals surface area contributed by atoms with Gasteiger partial charge in [0.05, 0.1) is 5.56 Å². The van der Waals surface area contributed by atoms with Gasteiger partial charge < -0.3 is 4.57 Å². The molecule has 0 aliphatic rings. The van der Waals surface area contributed by atoms with Crippen molar-refractivity contribution in [2.45, 2.75) is 20.4 Å². The molecule has 2 aromatic heterocycles. The highest BCUT2D eigenvalue weighted by Gasteiger charge is 2.11. The lowest BCUT2D eigenvalue weighted by Gasteiger charge is -2.07. The Labute approximate surface area is 139 Å². The summed E-state index contributed by atoms with van der Waals surface area (Å²) in [5, 5.41) is 0. The summed E-state index contributed by atoms with van der Waals surface area (Å²) in [4.78, 5) is 19.0. The maximum absolute atomic E-state index is 12.5. The number of rotatable bonds is 3. The fourth-order valence-electron chi connectivity index (χ4n) is 2.49. The Morgan fingerprint density at radius 2 is 1.83 bits per heavy atom. The zero-order valence-corrected chi connectivity index (χ0v) is 14.0. The van der Waals surface area contributed by atoms with E-state index < -0.39 is 0 Å². The average molecular weight is 322 g/mol. The molecule has 0 saturated carbocycles. The molecule has 3 nitrogen and oxygen atoms in total. The standard InChI is InChI=1S/C19H18N2OS/c1-14-12-17(15(2)23-14)19(22)20-18-10-6-7-11-21(18)13-16-8-4-3-5-9-16/h3-12H,13H2,1-2H3. The SMILES string of the molecule is Cc1cc(C(=O)N=c2ccccn2Cc2ccccc2)c(C)s1. The van der Waals surface area contributed by atoms with Crippen LogP contribution in [0.15, 0.2) is 65.8 Å². The molecule has 0 spiro atoms. The molecule has 0 atom stereocenters. The van der Waals surface area contributed by atoms with E-state index in [0.717, 1.165) is 9.75 Å². The number of hydrogen-bond donors (Lipinski definition) is 0. The minimum absolute atomic E-state index is 0.181. The summed E-state index contributed by atoms with van der Waals surface area (Å²) in [7, 11) is 0. The van der Waals surface area contributed by atoms with Crippen LogP contribution in [0.4, 0.5) is 0 Å². The van der Waals surface area contributed by atoms with E-state index in [9.17, 15) is 4.79 Å². The van der Waals surface area contributed by atoms with Crippen LogP contribution >= 0.6 is 11.3 Å². The first kappa shape index (κ1) is 15.4. The molecule has 0 unspecified atom stereocenters. The smallest absolute Gasteiger partial charge is 0.280 e. The van der Waals surface area contributed by atoms with Crippen LogP contribution in [0, 0.1) is 13.8 Å². The summed E-state index contributed by atoms with van der Waals surface area (Å²) in [5.74, 6) is -0.181. The minimum Gasteiger partial charge on any atom is -0.328 e. The highest BCUT2D eigenvalue weighted by atomic mass is 32.1. The van der Waals surface area contributed by atoms with Crippen molar-refractivity contribution in [2.24, 2.45) is 4.99 Å². The summed E-state index contributed by atoms with van der Waals surface area (Å²) in [6.45, 7) is 4.66. The Balaban J connectivity index is 1.96. The van der Waals surface area contributed by atoms with E-state index in [2.05, 4.69) is 17.1 Å². The lowest BCUT2D eigenvalue weighted by atomic mass is 10.2. The first-order valence-corrected chi connectivity index (χ1v) is 8.30. The van der Waals surface area contributed by atoms with Crippen molar-refractivity contribution in [3.05, 3.63) is 87.2 Å². The quantitative estimate of drug-likeness (QED) is 0.719. The fourth-order valence-corrected chi connectivity index (χ4v) is 3.41. The number of benzene rings is 1. The van der Waals surface area contributed by atoms with Crippen LogP contribution in [0.5, 0.6) is 0 Å². The molecule has 3 rings (SSSR count). The van der Waals surface area contributed by atoms with Gasteiger partial charge in [0, 0.05) is 22.5 Å². The van der Waals surface area contributed by atoms with E-state index in [4.69, 9.17) is 0 Å². The zero-order valence-electron chi connectivity index (χ0n) is 13.2. The Morgan fingerprint density at radius 3 is 2.52 bits per heavy atom. The first-order chi connectivity index (χ1) is 11.1. The number of amides is 1. The molecule has 23 heavy (non-hydrogen) atoms. The van der Waals surface area contributed by atoms with E-state index in [0.29, 0.717) is 17.6 Å². The topological polar surface area (TPSA) is 34.4 Å². The predicted octanol–water partition coefficient (Wildman–Crippen LogP) is 3.96. The number of nitrogens with zero attached hydrogens (tertiary/aromatic N) is 2. The van der Waals surface area contributed by atoms with Crippen LogP contribution < -0.4 is 5.49 Å². The summed E-state index contributed by atoms with van der Waals surface area (Å²) < 4.78 is 1.99. The van der Waals surface area contributed by atoms with Crippen molar-refractivity contribution < 1.29 is 4.79 Å². The normalized spacial score (nSPS) is 11.7. The third-order valence-corrected chi connectivity index (χ3v) is 4.57. The number of aromatic nitrogens is 1. The van der Waals surface area contributed by atoms with Gasteiger partial charge in [-0.05, 0) is 37.6 Å². The molecule has 4 heteroatoms. The largest absolute Gasteiger partial charge is 0.328 e. The molecule has 1 amide bonds. The molecular formula is C19H18N2OS. The van der Waals surface area contributed by atoms with Gasteiger partial charge in [-0.25, -0.2) is 0 Å². The van der Waals surface area contributed by atoms with E-state index >= 15 is 0 Å². The second-order valence-corrected chi connectivity index (χ2v) is 6.88. The van der Waals surface area contributed by atoms with Crippen LogP contribution in [0.2, 0.25) is 0 Å². The number of aryl methyl sites for hydroxylation is 2. The maximum atomic E-state index is 12.5. The van der Waals surface area contributed by atoms with E-state index in [1.54, 1.807) is 11.3 Å². The fraction of sp³-hybridized carbons (Fsp3) is 0.158. The molecule has 0 radical (unpaired) electrons. The predicted molar refractivity (Wildman–Crippen MR) is 93.7 cm³/mol. The van der Waals surface area contributed by atoms with Gasteiger partial charge in [0.2, 0.25) is 0 Å². The Hall–Kier alpha value is -2.46.